The minimum absolute atomic E-state index is 0.0271. The van der Waals surface area contributed by atoms with E-state index in [9.17, 15) is 57.6 Å². The van der Waals surface area contributed by atoms with Gasteiger partial charge in [-0.15, -0.1) is 0 Å². The van der Waals surface area contributed by atoms with Crippen molar-refractivity contribution in [3.05, 3.63) is 110 Å². The lowest BCUT2D eigenvalue weighted by molar-refractivity contribution is -0.172. The molecule has 0 unspecified atom stereocenters. The quantitative estimate of drug-likeness (QED) is 0.0109. The smallest absolute Gasteiger partial charge is 0.458 e. The van der Waals surface area contributed by atoms with Crippen molar-refractivity contribution in [2.45, 2.75) is 76.4 Å². The van der Waals surface area contributed by atoms with Gasteiger partial charge in [-0.05, 0) is 54.5 Å². The second-order valence-corrected chi connectivity index (χ2v) is 19.9. The summed E-state index contributed by atoms with van der Waals surface area (Å²) in [6, 6.07) is 7.81. The molecule has 0 fully saturated rings. The van der Waals surface area contributed by atoms with Crippen molar-refractivity contribution in [1.29, 1.82) is 0 Å². The molecule has 79 heavy (non-hydrogen) atoms. The number of rotatable bonds is 23. The van der Waals surface area contributed by atoms with Crippen LogP contribution in [0.15, 0.2) is 59.4 Å². The maximum atomic E-state index is 15.4. The number of hydrogen-bond acceptors (Lipinski definition) is 17. The van der Waals surface area contributed by atoms with Gasteiger partial charge in [0.05, 0.1) is 54.7 Å². The maximum Gasteiger partial charge on any atom is 0.470 e. The van der Waals surface area contributed by atoms with Crippen LogP contribution < -0.4 is 42.8 Å². The molecule has 0 bridgehead atoms. The third-order valence-corrected chi connectivity index (χ3v) is 14.1. The molecule has 10 N–H and O–H groups in total. The van der Waals surface area contributed by atoms with E-state index in [1.165, 1.54) is 10.6 Å². The van der Waals surface area contributed by atoms with E-state index in [4.69, 9.17) is 24.2 Å². The summed E-state index contributed by atoms with van der Waals surface area (Å²) in [6.07, 6.45) is 2.39. The number of amides is 8. The van der Waals surface area contributed by atoms with Crippen molar-refractivity contribution >= 4 is 72.0 Å². The first-order chi connectivity index (χ1) is 37.6. The highest BCUT2D eigenvalue weighted by atomic mass is 31.2. The van der Waals surface area contributed by atoms with Crippen molar-refractivity contribution in [3.63, 3.8) is 0 Å². The molecule has 2 aromatic heterocycles. The number of phosphoric ester groups is 1. The summed E-state index contributed by atoms with van der Waals surface area (Å²) in [4.78, 5) is 153. The summed E-state index contributed by atoms with van der Waals surface area (Å²) < 4.78 is 42.7. The van der Waals surface area contributed by atoms with Gasteiger partial charge in [0.25, 0.3) is 17.4 Å². The fourth-order valence-electron chi connectivity index (χ4n) is 9.74. The number of aryl methyl sites for hydroxylation is 1. The van der Waals surface area contributed by atoms with Crippen LogP contribution in [0.25, 0.3) is 22.3 Å². The topological polar surface area (TPSA) is 381 Å². The molecule has 418 valence electrons. The van der Waals surface area contributed by atoms with Crippen molar-refractivity contribution in [3.8, 4) is 11.4 Å². The highest BCUT2D eigenvalue weighted by Crippen LogP contribution is 2.46. The molecule has 4 atom stereocenters. The van der Waals surface area contributed by atoms with Crippen molar-refractivity contribution in [2.24, 2.45) is 0 Å². The molecule has 0 saturated heterocycles. The Hall–Kier alpha value is -8.11. The number of fused-ring (bicyclic) bond motifs is 5. The number of hydrogen-bond donors (Lipinski definition) is 10. The normalized spacial score (nSPS) is 17.7. The molecule has 4 aliphatic rings. The van der Waals surface area contributed by atoms with Gasteiger partial charge in [-0.1, -0.05) is 37.3 Å². The Morgan fingerprint density at radius 3 is 2.27 bits per heavy atom. The number of ether oxygens (including phenoxy) is 2. The zero-order chi connectivity index (χ0) is 56.9. The van der Waals surface area contributed by atoms with Gasteiger partial charge in [0.15, 0.2) is 5.60 Å². The minimum atomic E-state index is -4.90. The van der Waals surface area contributed by atoms with Gasteiger partial charge >= 0.3 is 13.8 Å². The largest absolute Gasteiger partial charge is 0.470 e. The van der Waals surface area contributed by atoms with Gasteiger partial charge in [-0.25, -0.2) is 18.7 Å². The molecule has 29 heteroatoms. The molecule has 3 aliphatic heterocycles. The summed E-state index contributed by atoms with van der Waals surface area (Å²) in [7, 11) is -4.90. The highest BCUT2D eigenvalue weighted by Gasteiger charge is 2.46. The second kappa shape index (κ2) is 23.9. The molecule has 1 aliphatic carbocycles. The van der Waals surface area contributed by atoms with Gasteiger partial charge < -0.3 is 60.8 Å². The summed E-state index contributed by atoms with van der Waals surface area (Å²) in [5.41, 5.74) is 1.53. The Kier molecular flexibility index (Phi) is 17.2. The average molecular weight is 1120 g/mol. The number of imide groups is 1. The molecule has 5 heterocycles. The van der Waals surface area contributed by atoms with Crippen LogP contribution in [0.5, 0.6) is 0 Å². The first-order valence-corrected chi connectivity index (χ1v) is 26.2. The molecular formula is C50H54FN10O17P. The zero-order valence-electron chi connectivity index (χ0n) is 42.3. The number of carbonyl (C=O) groups excluding carboxylic acids is 9. The predicted octanol–water partition coefficient (Wildman–Crippen LogP) is -2.25. The predicted molar refractivity (Wildman–Crippen MR) is 269 cm³/mol. The van der Waals surface area contributed by atoms with Gasteiger partial charge in [-0.3, -0.25) is 57.9 Å². The van der Waals surface area contributed by atoms with Crippen molar-refractivity contribution in [1.82, 2.24) is 51.7 Å². The Balaban J connectivity index is 0.829. The van der Waals surface area contributed by atoms with E-state index in [2.05, 4.69) is 41.7 Å². The SMILES string of the molecule is CC[C@@]1(O)C(=O)OCc2c1cc1n(c2=O)Cc2c-1nc1cc(F)c(C)c3c1c2[C@@H](NC(=O)COCNC(=O)CNC(=O)[C@H](Cc1ccccc1)NC(=O)CNC(=O)CNC(=O)[C@H](CNCOP(=O)(O)O)N1C(=O)C=CC1=O)CC3. The maximum absolute atomic E-state index is 15.4. The van der Waals surface area contributed by atoms with E-state index >= 15 is 4.39 Å². The lowest BCUT2D eigenvalue weighted by Crippen LogP contribution is -2.55. The molecule has 0 spiro atoms. The number of esters is 1. The van der Waals surface area contributed by atoms with E-state index in [1.54, 1.807) is 50.2 Å². The van der Waals surface area contributed by atoms with Crippen LogP contribution in [-0.4, -0.2) is 141 Å². The molecule has 0 saturated carbocycles. The number of aliphatic hydroxyl groups is 1. The number of aromatic nitrogens is 2. The highest BCUT2D eigenvalue weighted by molar-refractivity contribution is 7.46. The zero-order valence-corrected chi connectivity index (χ0v) is 43.2. The number of pyridine rings is 2. The summed E-state index contributed by atoms with van der Waals surface area (Å²) >= 11 is 0. The van der Waals surface area contributed by atoms with Crippen LogP contribution in [0.3, 0.4) is 0 Å². The van der Waals surface area contributed by atoms with E-state index in [0.717, 1.165) is 12.2 Å². The van der Waals surface area contributed by atoms with E-state index < -0.39 is 142 Å². The lowest BCUT2D eigenvalue weighted by Gasteiger charge is -2.31. The number of nitrogens with one attached hydrogen (secondary N) is 7. The molecule has 4 aromatic rings. The summed E-state index contributed by atoms with van der Waals surface area (Å²) in [6.45, 7) is -1.41. The Bertz CT molecular complexity index is 3310. The third-order valence-electron chi connectivity index (χ3n) is 13.7. The Labute approximate surface area is 447 Å². The van der Waals surface area contributed by atoms with Crippen molar-refractivity contribution < 1.29 is 81.0 Å². The molecule has 0 radical (unpaired) electrons. The van der Waals surface area contributed by atoms with E-state index in [1.807, 2.05) is 0 Å². The Morgan fingerprint density at radius 1 is 0.886 bits per heavy atom. The number of halogens is 1. The lowest BCUT2D eigenvalue weighted by atomic mass is 9.81. The van der Waals surface area contributed by atoms with Crippen LogP contribution >= 0.6 is 7.82 Å². The van der Waals surface area contributed by atoms with Gasteiger partial charge in [0.1, 0.15) is 44.6 Å². The average Bonchev–Trinajstić information content (AvgIpc) is 4.23. The number of cyclic esters (lactones) is 1. The van der Waals surface area contributed by atoms with Gasteiger partial charge in [0.2, 0.25) is 35.4 Å². The summed E-state index contributed by atoms with van der Waals surface area (Å²) in [5.74, 6) is -8.00. The molecule has 2 aromatic carbocycles. The number of carbonyl (C=O) groups is 9. The number of benzene rings is 2. The molecule has 8 amide bonds. The van der Waals surface area contributed by atoms with Crippen LogP contribution in [0.4, 0.5) is 4.39 Å². The Morgan fingerprint density at radius 2 is 1.57 bits per heavy atom. The van der Waals surface area contributed by atoms with E-state index in [0.29, 0.717) is 62.3 Å². The van der Waals surface area contributed by atoms with Crippen LogP contribution in [0.1, 0.15) is 64.8 Å². The van der Waals surface area contributed by atoms with Crippen LogP contribution in [0.2, 0.25) is 0 Å². The fourth-order valence-corrected chi connectivity index (χ4v) is 10.00. The monoisotopic (exact) mass is 1120 g/mol. The molecule has 8 rings (SSSR count). The first kappa shape index (κ1) is 57.1. The second-order valence-electron chi connectivity index (χ2n) is 18.7. The molecule has 27 nitrogen and oxygen atoms in total. The van der Waals surface area contributed by atoms with Crippen molar-refractivity contribution in [2.75, 3.05) is 46.2 Å². The number of nitrogens with zero attached hydrogens (tertiary/aromatic N) is 3. The van der Waals surface area contributed by atoms with Gasteiger partial charge in [0, 0.05) is 47.7 Å². The van der Waals surface area contributed by atoms with Crippen LogP contribution in [0, 0.1) is 12.7 Å². The first-order valence-electron chi connectivity index (χ1n) is 24.6. The summed E-state index contributed by atoms with van der Waals surface area (Å²) in [5, 5.41) is 29.1. The standard InChI is InChI=1S/C50H54FN10O17P/c1-3-50(72)30-14-35-45-28(20-60(35)48(70)29(30)21-77-49(50)71)44-32(10-9-27-25(2)31(51)15-33(59-45)43(27)44)57-40(65)22-76-24-56-38(63)18-54-46(68)34(13-26-7-5-4-6-8-26)58-39(64)19-53-37(62)17-55-47(69)36(16-52-23-78-79(73,74)75)61-41(66)11-12-42(61)67/h4-8,11-12,14-15,32,34,36,52,72H,3,9-10,13,16-24H2,1-2H3,(H,53,62)(H,54,68)(H,55,69)(H,56,63)(H,57,65)(H,58,64)(H2,73,74,75)/t32-,34-,36-,50-/m0/s1. The fraction of sp³-hybridized carbons (Fsp3) is 0.380. The van der Waals surface area contributed by atoms with E-state index in [-0.39, 0.29) is 42.6 Å². The minimum Gasteiger partial charge on any atom is -0.458 e. The number of phosphoric acid groups is 1. The van der Waals surface area contributed by atoms with Gasteiger partial charge in [-0.2, -0.15) is 0 Å². The molecular weight excluding hydrogens is 1060 g/mol. The third kappa shape index (κ3) is 12.6. The van der Waals surface area contributed by atoms with Crippen LogP contribution in [-0.2, 0) is 93.3 Å².